The molecule has 4 unspecified atom stereocenters. The number of hydrogen-bond acceptors (Lipinski definition) is 4. The van der Waals surface area contributed by atoms with Gasteiger partial charge in [0.15, 0.2) is 0 Å². The molecule has 0 bridgehead atoms. The molecule has 0 spiro atoms. The molecule has 0 rings (SSSR count). The molecule has 4 heteroatoms. The zero-order valence-electron chi connectivity index (χ0n) is 15.1. The van der Waals surface area contributed by atoms with Gasteiger partial charge < -0.3 is 18.9 Å². The SMILES string of the molecule is CCC(C)OCC(C)OCC(C)OCC(C)OCC(C)C. The monoisotopic (exact) mass is 304 g/mol. The third-order valence-electron chi connectivity index (χ3n) is 3.14. The topological polar surface area (TPSA) is 36.9 Å². The fourth-order valence-electron chi connectivity index (χ4n) is 1.52. The molecule has 0 saturated heterocycles. The smallest absolute Gasteiger partial charge is 0.0781 e. The van der Waals surface area contributed by atoms with E-state index in [0.717, 1.165) is 13.0 Å². The van der Waals surface area contributed by atoms with Crippen LogP contribution in [0, 0.1) is 5.92 Å². The summed E-state index contributed by atoms with van der Waals surface area (Å²) in [6, 6.07) is 0. The van der Waals surface area contributed by atoms with Gasteiger partial charge >= 0.3 is 0 Å². The maximum absolute atomic E-state index is 5.74. The van der Waals surface area contributed by atoms with Crippen molar-refractivity contribution in [3.05, 3.63) is 0 Å². The van der Waals surface area contributed by atoms with E-state index in [1.165, 1.54) is 0 Å². The Morgan fingerprint density at radius 3 is 1.19 bits per heavy atom. The largest absolute Gasteiger partial charge is 0.376 e. The van der Waals surface area contributed by atoms with Gasteiger partial charge in [0.2, 0.25) is 0 Å². The van der Waals surface area contributed by atoms with E-state index in [4.69, 9.17) is 18.9 Å². The second kappa shape index (κ2) is 12.4. The Labute approximate surface area is 131 Å². The third-order valence-corrected chi connectivity index (χ3v) is 3.14. The third kappa shape index (κ3) is 13.2. The Hall–Kier alpha value is -0.160. The van der Waals surface area contributed by atoms with E-state index in [9.17, 15) is 0 Å². The normalized spacial score (nSPS) is 17.7. The summed E-state index contributed by atoms with van der Waals surface area (Å²) in [6.07, 6.45) is 1.62. The van der Waals surface area contributed by atoms with Gasteiger partial charge in [-0.15, -0.1) is 0 Å². The number of ether oxygens (including phenoxy) is 4. The van der Waals surface area contributed by atoms with Crippen LogP contribution < -0.4 is 0 Å². The van der Waals surface area contributed by atoms with Crippen molar-refractivity contribution in [3.8, 4) is 0 Å². The Morgan fingerprint density at radius 2 is 0.857 bits per heavy atom. The second-order valence-corrected chi connectivity index (χ2v) is 6.38. The zero-order valence-corrected chi connectivity index (χ0v) is 15.1. The first-order chi connectivity index (χ1) is 9.85. The second-order valence-electron chi connectivity index (χ2n) is 6.38. The molecule has 0 N–H and O–H groups in total. The summed E-state index contributed by atoms with van der Waals surface area (Å²) in [7, 11) is 0. The van der Waals surface area contributed by atoms with Crippen molar-refractivity contribution in [2.45, 2.75) is 79.3 Å². The molecule has 0 aliphatic heterocycles. The van der Waals surface area contributed by atoms with Crippen molar-refractivity contribution in [1.82, 2.24) is 0 Å². The highest BCUT2D eigenvalue weighted by molar-refractivity contribution is 4.56. The van der Waals surface area contributed by atoms with E-state index in [1.807, 2.05) is 20.8 Å². The summed E-state index contributed by atoms with van der Waals surface area (Å²) in [5.74, 6) is 0.555. The van der Waals surface area contributed by atoms with Gasteiger partial charge in [-0.05, 0) is 40.0 Å². The Balaban J connectivity index is 3.62. The van der Waals surface area contributed by atoms with Gasteiger partial charge in [-0.2, -0.15) is 0 Å². The maximum Gasteiger partial charge on any atom is 0.0781 e. The van der Waals surface area contributed by atoms with Crippen LogP contribution in [0.1, 0.15) is 54.9 Å². The highest BCUT2D eigenvalue weighted by Gasteiger charge is 2.11. The van der Waals surface area contributed by atoms with E-state index in [0.29, 0.717) is 31.8 Å². The van der Waals surface area contributed by atoms with Gasteiger partial charge in [0.05, 0.1) is 44.2 Å². The van der Waals surface area contributed by atoms with Gasteiger partial charge in [0, 0.05) is 6.61 Å². The minimum atomic E-state index is 0.0705. The highest BCUT2D eigenvalue weighted by Crippen LogP contribution is 2.04. The van der Waals surface area contributed by atoms with Crippen molar-refractivity contribution in [3.63, 3.8) is 0 Å². The standard InChI is InChI=1S/C17H36O4/c1-8-14(4)19-10-16(6)21-12-17(7)20-11-15(5)18-9-13(2)3/h13-17H,8-12H2,1-7H3. The average molecular weight is 304 g/mol. The summed E-state index contributed by atoms with van der Waals surface area (Å²) < 4.78 is 22.8. The van der Waals surface area contributed by atoms with Gasteiger partial charge in [-0.3, -0.25) is 0 Å². The zero-order chi connectivity index (χ0) is 16.3. The molecule has 0 saturated carbocycles. The van der Waals surface area contributed by atoms with E-state index < -0.39 is 0 Å². The molecule has 0 heterocycles. The molecule has 128 valence electrons. The van der Waals surface area contributed by atoms with Gasteiger partial charge in [-0.25, -0.2) is 0 Å². The molecule has 0 aliphatic rings. The van der Waals surface area contributed by atoms with Crippen LogP contribution in [0.3, 0.4) is 0 Å². The van der Waals surface area contributed by atoms with Crippen LogP contribution in [0.25, 0.3) is 0 Å². The van der Waals surface area contributed by atoms with Crippen molar-refractivity contribution < 1.29 is 18.9 Å². The van der Waals surface area contributed by atoms with Crippen LogP contribution >= 0.6 is 0 Å². The Morgan fingerprint density at radius 1 is 0.524 bits per heavy atom. The average Bonchev–Trinajstić information content (AvgIpc) is 2.45. The first-order valence-electron chi connectivity index (χ1n) is 8.31. The summed E-state index contributed by atoms with van der Waals surface area (Å²) in [5, 5.41) is 0. The summed E-state index contributed by atoms with van der Waals surface area (Å²) in [5.41, 5.74) is 0. The Kier molecular flexibility index (Phi) is 12.3. The summed E-state index contributed by atoms with van der Waals surface area (Å²) >= 11 is 0. The lowest BCUT2D eigenvalue weighted by Gasteiger charge is -2.21. The van der Waals surface area contributed by atoms with E-state index in [1.54, 1.807) is 0 Å². The highest BCUT2D eigenvalue weighted by atomic mass is 16.6. The molecule has 0 radical (unpaired) electrons. The lowest BCUT2D eigenvalue weighted by atomic mass is 10.2. The minimum Gasteiger partial charge on any atom is -0.376 e. The summed E-state index contributed by atoms with van der Waals surface area (Å²) in [6.45, 7) is 17.2. The van der Waals surface area contributed by atoms with Crippen LogP contribution in [0.15, 0.2) is 0 Å². The van der Waals surface area contributed by atoms with Crippen molar-refractivity contribution in [2.75, 3.05) is 26.4 Å². The fraction of sp³-hybridized carbons (Fsp3) is 1.00. The van der Waals surface area contributed by atoms with Crippen LogP contribution in [0.2, 0.25) is 0 Å². The van der Waals surface area contributed by atoms with E-state index in [-0.39, 0.29) is 18.3 Å². The predicted molar refractivity (Wildman–Crippen MR) is 86.8 cm³/mol. The molecule has 4 atom stereocenters. The quantitative estimate of drug-likeness (QED) is 0.520. The number of hydrogen-bond donors (Lipinski definition) is 0. The van der Waals surface area contributed by atoms with E-state index in [2.05, 4.69) is 27.7 Å². The molecule has 0 amide bonds. The predicted octanol–water partition coefficient (Wildman–Crippen LogP) is 3.67. The van der Waals surface area contributed by atoms with Gasteiger partial charge in [0.25, 0.3) is 0 Å². The van der Waals surface area contributed by atoms with Crippen molar-refractivity contribution >= 4 is 0 Å². The lowest BCUT2D eigenvalue weighted by molar-refractivity contribution is -0.0874. The molecule has 4 nitrogen and oxygen atoms in total. The summed E-state index contributed by atoms with van der Waals surface area (Å²) in [4.78, 5) is 0. The van der Waals surface area contributed by atoms with Gasteiger partial charge in [-0.1, -0.05) is 20.8 Å². The molecule has 0 aromatic heterocycles. The molecule has 0 aliphatic carbocycles. The van der Waals surface area contributed by atoms with Crippen molar-refractivity contribution in [2.24, 2.45) is 5.92 Å². The minimum absolute atomic E-state index is 0.0705. The van der Waals surface area contributed by atoms with Crippen molar-refractivity contribution in [1.29, 1.82) is 0 Å². The van der Waals surface area contributed by atoms with Crippen LogP contribution in [0.5, 0.6) is 0 Å². The number of rotatable bonds is 13. The van der Waals surface area contributed by atoms with E-state index >= 15 is 0 Å². The lowest BCUT2D eigenvalue weighted by Crippen LogP contribution is -2.27. The molecule has 0 aromatic rings. The Bertz CT molecular complexity index is 233. The maximum atomic E-state index is 5.74. The fourth-order valence-corrected chi connectivity index (χ4v) is 1.52. The molecule has 0 aromatic carbocycles. The molecule has 21 heavy (non-hydrogen) atoms. The first-order valence-corrected chi connectivity index (χ1v) is 8.31. The van der Waals surface area contributed by atoms with Crippen LogP contribution in [-0.2, 0) is 18.9 Å². The molecular weight excluding hydrogens is 268 g/mol. The van der Waals surface area contributed by atoms with Crippen LogP contribution in [0.4, 0.5) is 0 Å². The first kappa shape index (κ1) is 20.8. The molecular formula is C17H36O4. The van der Waals surface area contributed by atoms with Crippen LogP contribution in [-0.4, -0.2) is 50.8 Å². The molecule has 0 fully saturated rings. The van der Waals surface area contributed by atoms with Gasteiger partial charge in [0.1, 0.15) is 0 Å².